The van der Waals surface area contributed by atoms with Crippen LogP contribution in [0.25, 0.3) is 0 Å². The van der Waals surface area contributed by atoms with Crippen molar-refractivity contribution in [1.82, 2.24) is 10.1 Å². The molecular formula is C16H20N2O. The van der Waals surface area contributed by atoms with Gasteiger partial charge in [0.2, 0.25) is 0 Å². The fourth-order valence-corrected chi connectivity index (χ4v) is 2.92. The number of nitrogens with zero attached hydrogens (tertiary/aromatic N) is 2. The molecule has 1 unspecified atom stereocenters. The Morgan fingerprint density at radius 2 is 2.11 bits per heavy atom. The average Bonchev–Trinajstić information content (AvgIpc) is 2.99. The van der Waals surface area contributed by atoms with Gasteiger partial charge in [-0.05, 0) is 38.9 Å². The van der Waals surface area contributed by atoms with Gasteiger partial charge in [-0.3, -0.25) is 4.90 Å². The third-order valence-electron chi connectivity index (χ3n) is 4.06. The van der Waals surface area contributed by atoms with Crippen molar-refractivity contribution < 1.29 is 4.52 Å². The second kappa shape index (κ2) is 5.17. The Labute approximate surface area is 114 Å². The maximum atomic E-state index is 5.63. The lowest BCUT2D eigenvalue weighted by Crippen LogP contribution is -2.18. The van der Waals surface area contributed by atoms with Crippen molar-refractivity contribution >= 4 is 0 Å². The minimum Gasteiger partial charge on any atom is -0.359 e. The number of aryl methyl sites for hydroxylation is 1. The van der Waals surface area contributed by atoms with Crippen LogP contribution < -0.4 is 0 Å². The summed E-state index contributed by atoms with van der Waals surface area (Å²) in [6, 6.07) is 10.9. The standard InChI is InChI=1S/C16H20N2O/c1-12-14(11-13-7-4-3-5-8-13)16(19-17-12)15-9-6-10-18(15)2/h3-5,7-8,15H,6,9-11H2,1-2H3. The fraction of sp³-hybridized carbons (Fsp3) is 0.438. The van der Waals surface area contributed by atoms with E-state index in [0.717, 1.165) is 24.4 Å². The molecule has 1 aromatic carbocycles. The molecule has 1 saturated heterocycles. The summed E-state index contributed by atoms with van der Waals surface area (Å²) in [4.78, 5) is 2.37. The van der Waals surface area contributed by atoms with Crippen LogP contribution in [0, 0.1) is 6.92 Å². The topological polar surface area (TPSA) is 29.3 Å². The van der Waals surface area contributed by atoms with Gasteiger partial charge < -0.3 is 4.52 Å². The Balaban J connectivity index is 1.90. The third-order valence-corrected chi connectivity index (χ3v) is 4.06. The molecule has 1 fully saturated rings. The SMILES string of the molecule is Cc1noc(C2CCCN2C)c1Cc1ccccc1. The van der Waals surface area contributed by atoms with Gasteiger partial charge in [-0.15, -0.1) is 0 Å². The number of hydrogen-bond donors (Lipinski definition) is 0. The molecule has 19 heavy (non-hydrogen) atoms. The molecule has 0 saturated carbocycles. The second-order valence-electron chi connectivity index (χ2n) is 5.41. The molecule has 100 valence electrons. The Kier molecular flexibility index (Phi) is 3.38. The van der Waals surface area contributed by atoms with Gasteiger partial charge >= 0.3 is 0 Å². The first-order chi connectivity index (χ1) is 9.25. The zero-order valence-electron chi connectivity index (χ0n) is 11.6. The van der Waals surface area contributed by atoms with Gasteiger partial charge in [-0.25, -0.2) is 0 Å². The van der Waals surface area contributed by atoms with Crippen molar-refractivity contribution in [2.75, 3.05) is 13.6 Å². The fourth-order valence-electron chi connectivity index (χ4n) is 2.92. The Morgan fingerprint density at radius 3 is 2.79 bits per heavy atom. The number of rotatable bonds is 3. The van der Waals surface area contributed by atoms with Crippen LogP contribution in [0.3, 0.4) is 0 Å². The predicted molar refractivity (Wildman–Crippen MR) is 75.1 cm³/mol. The molecule has 0 radical (unpaired) electrons. The van der Waals surface area contributed by atoms with Gasteiger partial charge in [0.05, 0.1) is 11.7 Å². The average molecular weight is 256 g/mol. The molecule has 3 heteroatoms. The lowest BCUT2D eigenvalue weighted by atomic mass is 9.99. The molecule has 1 atom stereocenters. The van der Waals surface area contributed by atoms with Gasteiger partial charge in [0.15, 0.2) is 5.76 Å². The van der Waals surface area contributed by atoms with E-state index in [1.807, 2.05) is 6.92 Å². The van der Waals surface area contributed by atoms with Crippen molar-refractivity contribution in [1.29, 1.82) is 0 Å². The molecular weight excluding hydrogens is 236 g/mol. The van der Waals surface area contributed by atoms with Crippen LogP contribution in [0.5, 0.6) is 0 Å². The van der Waals surface area contributed by atoms with Crippen LogP contribution >= 0.6 is 0 Å². The van der Waals surface area contributed by atoms with Crippen molar-refractivity contribution in [3.05, 3.63) is 52.9 Å². The van der Waals surface area contributed by atoms with E-state index in [1.165, 1.54) is 24.0 Å². The number of benzene rings is 1. The van der Waals surface area contributed by atoms with E-state index in [0.29, 0.717) is 6.04 Å². The molecule has 1 aromatic heterocycles. The van der Waals surface area contributed by atoms with E-state index in [4.69, 9.17) is 4.52 Å². The number of hydrogen-bond acceptors (Lipinski definition) is 3. The number of likely N-dealkylation sites (tertiary alicyclic amines) is 1. The van der Waals surface area contributed by atoms with E-state index in [9.17, 15) is 0 Å². The molecule has 3 nitrogen and oxygen atoms in total. The monoisotopic (exact) mass is 256 g/mol. The van der Waals surface area contributed by atoms with Crippen LogP contribution in [0.15, 0.2) is 34.9 Å². The quantitative estimate of drug-likeness (QED) is 0.843. The predicted octanol–water partition coefficient (Wildman–Crippen LogP) is 3.34. The zero-order chi connectivity index (χ0) is 13.2. The molecule has 1 aliphatic heterocycles. The van der Waals surface area contributed by atoms with Crippen molar-refractivity contribution in [2.45, 2.75) is 32.2 Å². The minimum absolute atomic E-state index is 0.403. The summed E-state index contributed by atoms with van der Waals surface area (Å²) in [5.74, 6) is 1.07. The number of aromatic nitrogens is 1. The maximum Gasteiger partial charge on any atom is 0.157 e. The molecule has 1 aliphatic rings. The smallest absolute Gasteiger partial charge is 0.157 e. The lowest BCUT2D eigenvalue weighted by molar-refractivity contribution is 0.250. The van der Waals surface area contributed by atoms with Gasteiger partial charge in [-0.1, -0.05) is 35.5 Å². The van der Waals surface area contributed by atoms with Gasteiger partial charge in [0.1, 0.15) is 0 Å². The van der Waals surface area contributed by atoms with Gasteiger partial charge in [0, 0.05) is 12.0 Å². The van der Waals surface area contributed by atoms with Crippen LogP contribution in [0.4, 0.5) is 0 Å². The van der Waals surface area contributed by atoms with E-state index >= 15 is 0 Å². The minimum atomic E-state index is 0.403. The van der Waals surface area contributed by atoms with Crippen molar-refractivity contribution in [2.24, 2.45) is 0 Å². The first-order valence-electron chi connectivity index (χ1n) is 6.95. The highest BCUT2D eigenvalue weighted by molar-refractivity contribution is 5.32. The molecule has 3 rings (SSSR count). The first kappa shape index (κ1) is 12.4. The summed E-state index contributed by atoms with van der Waals surface area (Å²) in [5, 5.41) is 4.19. The van der Waals surface area contributed by atoms with Crippen molar-refractivity contribution in [3.8, 4) is 0 Å². The van der Waals surface area contributed by atoms with Crippen molar-refractivity contribution in [3.63, 3.8) is 0 Å². The Hall–Kier alpha value is -1.61. The molecule has 0 N–H and O–H groups in total. The highest BCUT2D eigenvalue weighted by Gasteiger charge is 2.29. The molecule has 0 bridgehead atoms. The summed E-state index contributed by atoms with van der Waals surface area (Å²) in [6.07, 6.45) is 3.33. The summed E-state index contributed by atoms with van der Waals surface area (Å²) in [5.41, 5.74) is 3.61. The summed E-state index contributed by atoms with van der Waals surface area (Å²) in [7, 11) is 2.17. The van der Waals surface area contributed by atoms with Gasteiger partial charge in [0.25, 0.3) is 0 Å². The lowest BCUT2D eigenvalue weighted by Gasteiger charge is -2.17. The van der Waals surface area contributed by atoms with Crippen LogP contribution in [0.2, 0.25) is 0 Å². The molecule has 2 heterocycles. The Morgan fingerprint density at radius 1 is 1.32 bits per heavy atom. The maximum absolute atomic E-state index is 5.63. The summed E-state index contributed by atoms with van der Waals surface area (Å²) in [6.45, 7) is 3.19. The molecule has 0 aliphatic carbocycles. The van der Waals surface area contributed by atoms with E-state index in [2.05, 4.69) is 47.4 Å². The highest BCUT2D eigenvalue weighted by Crippen LogP contribution is 2.34. The third kappa shape index (κ3) is 2.43. The molecule has 2 aromatic rings. The summed E-state index contributed by atoms with van der Waals surface area (Å²) < 4.78 is 5.63. The zero-order valence-corrected chi connectivity index (χ0v) is 11.6. The Bertz CT molecular complexity index is 547. The van der Waals surface area contributed by atoms with Gasteiger partial charge in [-0.2, -0.15) is 0 Å². The van der Waals surface area contributed by atoms with Crippen LogP contribution in [0.1, 0.15) is 41.5 Å². The normalized spacial score (nSPS) is 20.0. The van der Waals surface area contributed by atoms with Crippen LogP contribution in [-0.4, -0.2) is 23.6 Å². The largest absolute Gasteiger partial charge is 0.359 e. The van der Waals surface area contributed by atoms with E-state index < -0.39 is 0 Å². The van der Waals surface area contributed by atoms with E-state index in [1.54, 1.807) is 0 Å². The highest BCUT2D eigenvalue weighted by atomic mass is 16.5. The molecule has 0 amide bonds. The van der Waals surface area contributed by atoms with E-state index in [-0.39, 0.29) is 0 Å². The second-order valence-corrected chi connectivity index (χ2v) is 5.41. The molecule has 0 spiro atoms. The first-order valence-corrected chi connectivity index (χ1v) is 6.95. The summed E-state index contributed by atoms with van der Waals surface area (Å²) >= 11 is 0. The van der Waals surface area contributed by atoms with Crippen LogP contribution in [-0.2, 0) is 6.42 Å².